The van der Waals surface area contributed by atoms with Crippen molar-refractivity contribution in [1.29, 1.82) is 0 Å². The second-order valence-corrected chi connectivity index (χ2v) is 8.34. The Balaban J connectivity index is 1.37. The number of carbonyl (C=O) groups is 1. The first-order valence-corrected chi connectivity index (χ1v) is 10.2. The van der Waals surface area contributed by atoms with E-state index in [4.69, 9.17) is 4.98 Å². The van der Waals surface area contributed by atoms with E-state index in [1.165, 1.54) is 10.3 Å². The fourth-order valence-corrected chi connectivity index (χ4v) is 4.29. The van der Waals surface area contributed by atoms with Crippen LogP contribution in [-0.2, 0) is 18.4 Å². The molecule has 0 spiro atoms. The van der Waals surface area contributed by atoms with Gasteiger partial charge in [0.25, 0.3) is 0 Å². The number of rotatable bonds is 6. The number of likely N-dealkylation sites (N-methyl/N-ethyl adjacent to an activating group) is 1. The predicted octanol–water partition coefficient (Wildman–Crippen LogP) is 4.08. The van der Waals surface area contributed by atoms with E-state index < -0.39 is 0 Å². The zero-order valence-corrected chi connectivity index (χ0v) is 17.5. The Hall–Kier alpha value is -3.03. The fourth-order valence-electron chi connectivity index (χ4n) is 3.22. The van der Waals surface area contributed by atoms with Crippen molar-refractivity contribution in [2.24, 2.45) is 7.05 Å². The van der Waals surface area contributed by atoms with Crippen molar-refractivity contribution in [2.45, 2.75) is 13.5 Å². The monoisotopic (exact) mass is 405 g/mol. The highest BCUT2D eigenvalue weighted by atomic mass is 32.1. The largest absolute Gasteiger partial charge is 0.325 e. The highest BCUT2D eigenvalue weighted by Gasteiger charge is 2.10. The highest BCUT2D eigenvalue weighted by Crippen LogP contribution is 2.31. The van der Waals surface area contributed by atoms with Crippen molar-refractivity contribution < 1.29 is 4.79 Å². The summed E-state index contributed by atoms with van der Waals surface area (Å²) in [4.78, 5) is 19.0. The van der Waals surface area contributed by atoms with Gasteiger partial charge in [-0.1, -0.05) is 6.07 Å². The van der Waals surface area contributed by atoms with Gasteiger partial charge in [0.2, 0.25) is 5.91 Å². The normalized spacial score (nSPS) is 11.3. The Morgan fingerprint density at radius 3 is 2.72 bits per heavy atom. The van der Waals surface area contributed by atoms with E-state index in [0.29, 0.717) is 13.1 Å². The molecule has 29 heavy (non-hydrogen) atoms. The van der Waals surface area contributed by atoms with Crippen LogP contribution in [0.3, 0.4) is 0 Å². The first-order valence-electron chi connectivity index (χ1n) is 9.40. The average molecular weight is 406 g/mol. The zero-order chi connectivity index (χ0) is 20.4. The average Bonchev–Trinajstić information content (AvgIpc) is 3.27. The number of nitrogens with zero attached hydrogens (tertiary/aromatic N) is 4. The molecule has 0 saturated heterocycles. The van der Waals surface area contributed by atoms with Gasteiger partial charge in [-0.05, 0) is 55.9 Å². The third-order valence-corrected chi connectivity index (χ3v) is 5.65. The van der Waals surface area contributed by atoms with E-state index in [1.807, 2.05) is 55.7 Å². The lowest BCUT2D eigenvalue weighted by molar-refractivity contribution is -0.117. The predicted molar refractivity (Wildman–Crippen MR) is 118 cm³/mol. The first-order chi connectivity index (χ1) is 14.0. The third-order valence-electron chi connectivity index (χ3n) is 4.58. The lowest BCUT2D eigenvalue weighted by Crippen LogP contribution is -2.29. The van der Waals surface area contributed by atoms with Crippen molar-refractivity contribution in [1.82, 2.24) is 19.7 Å². The standard InChI is InChI=1S/C22H23N5OS/c1-15-4-9-19-20(10-15)29-22(25-19)17-5-7-18(8-6-17)24-21(28)14-26(2)12-16-11-23-27(3)13-16/h4-11,13H,12,14H2,1-3H3,(H,24,28). The summed E-state index contributed by atoms with van der Waals surface area (Å²) >= 11 is 1.68. The quantitative estimate of drug-likeness (QED) is 0.525. The molecule has 0 aliphatic carbocycles. The smallest absolute Gasteiger partial charge is 0.238 e. The summed E-state index contributed by atoms with van der Waals surface area (Å²) in [6, 6.07) is 14.1. The maximum atomic E-state index is 12.3. The zero-order valence-electron chi connectivity index (χ0n) is 16.7. The molecule has 7 heteroatoms. The van der Waals surface area contributed by atoms with E-state index in [2.05, 4.69) is 35.5 Å². The molecule has 1 N–H and O–H groups in total. The highest BCUT2D eigenvalue weighted by molar-refractivity contribution is 7.21. The maximum absolute atomic E-state index is 12.3. The van der Waals surface area contributed by atoms with Crippen molar-refractivity contribution >= 4 is 33.1 Å². The van der Waals surface area contributed by atoms with Gasteiger partial charge in [-0.25, -0.2) is 4.98 Å². The fraction of sp³-hybridized carbons (Fsp3) is 0.227. The summed E-state index contributed by atoms with van der Waals surface area (Å²) in [7, 11) is 3.81. The van der Waals surface area contributed by atoms with E-state index in [9.17, 15) is 4.79 Å². The van der Waals surface area contributed by atoms with Crippen molar-refractivity contribution in [3.05, 3.63) is 66.0 Å². The Kier molecular flexibility index (Phi) is 5.42. The minimum absolute atomic E-state index is 0.0420. The number of hydrogen-bond acceptors (Lipinski definition) is 5. The van der Waals surface area contributed by atoms with E-state index in [-0.39, 0.29) is 5.91 Å². The molecule has 0 radical (unpaired) electrons. The van der Waals surface area contributed by atoms with Crippen LogP contribution in [0.25, 0.3) is 20.8 Å². The molecule has 0 bridgehead atoms. The Morgan fingerprint density at radius 1 is 1.21 bits per heavy atom. The second kappa shape index (κ2) is 8.14. The number of aromatic nitrogens is 3. The Bertz CT molecular complexity index is 1150. The van der Waals surface area contributed by atoms with Crippen molar-refractivity contribution in [3.8, 4) is 10.6 Å². The molecule has 2 heterocycles. The third kappa shape index (κ3) is 4.70. The van der Waals surface area contributed by atoms with Gasteiger partial charge in [0.05, 0.1) is 23.0 Å². The van der Waals surface area contributed by atoms with Crippen LogP contribution in [0, 0.1) is 6.92 Å². The summed E-state index contributed by atoms with van der Waals surface area (Å²) in [5, 5.41) is 8.10. The number of nitrogens with one attached hydrogen (secondary N) is 1. The van der Waals surface area contributed by atoms with Gasteiger partial charge in [-0.2, -0.15) is 5.10 Å². The van der Waals surface area contributed by atoms with Crippen LogP contribution in [0.4, 0.5) is 5.69 Å². The number of anilines is 1. The molecule has 0 aliphatic heterocycles. The first kappa shape index (κ1) is 19.3. The van der Waals surface area contributed by atoms with Crippen molar-refractivity contribution in [3.63, 3.8) is 0 Å². The molecule has 1 amide bonds. The second-order valence-electron chi connectivity index (χ2n) is 7.31. The van der Waals surface area contributed by atoms with E-state index in [1.54, 1.807) is 16.0 Å². The lowest BCUT2D eigenvalue weighted by atomic mass is 10.2. The molecule has 148 valence electrons. The minimum atomic E-state index is -0.0420. The summed E-state index contributed by atoms with van der Waals surface area (Å²) in [5.41, 5.74) is 5.17. The maximum Gasteiger partial charge on any atom is 0.238 e. The van der Waals surface area contributed by atoms with Crippen LogP contribution in [-0.4, -0.2) is 39.2 Å². The molecular formula is C22H23N5OS. The molecule has 4 aromatic rings. The molecule has 2 aromatic carbocycles. The number of hydrogen-bond donors (Lipinski definition) is 1. The van der Waals surface area contributed by atoms with Gasteiger partial charge in [0.1, 0.15) is 5.01 Å². The van der Waals surface area contributed by atoms with Crippen LogP contribution in [0.15, 0.2) is 54.9 Å². The van der Waals surface area contributed by atoms with Gasteiger partial charge in [-0.15, -0.1) is 11.3 Å². The summed E-state index contributed by atoms with van der Waals surface area (Å²) in [5.74, 6) is -0.0420. The lowest BCUT2D eigenvalue weighted by Gasteiger charge is -2.15. The molecule has 0 aliphatic rings. The number of aryl methyl sites for hydroxylation is 2. The molecule has 0 fully saturated rings. The SMILES string of the molecule is Cc1ccc2nc(-c3ccc(NC(=O)CN(C)Cc4cnn(C)c4)cc3)sc2c1. The van der Waals surface area contributed by atoms with Gasteiger partial charge >= 0.3 is 0 Å². The molecular weight excluding hydrogens is 382 g/mol. The number of benzene rings is 2. The van der Waals surface area contributed by atoms with Crippen LogP contribution in [0.1, 0.15) is 11.1 Å². The molecule has 6 nitrogen and oxygen atoms in total. The topological polar surface area (TPSA) is 63.1 Å². The summed E-state index contributed by atoms with van der Waals surface area (Å²) < 4.78 is 2.95. The Morgan fingerprint density at radius 2 is 2.00 bits per heavy atom. The number of fused-ring (bicyclic) bond motifs is 1. The molecule has 4 rings (SSSR count). The number of thiazole rings is 1. The molecule has 0 unspecified atom stereocenters. The van der Waals surface area contributed by atoms with Gasteiger partial charge < -0.3 is 5.32 Å². The van der Waals surface area contributed by atoms with E-state index in [0.717, 1.165) is 27.3 Å². The van der Waals surface area contributed by atoms with Crippen LogP contribution < -0.4 is 5.32 Å². The summed E-state index contributed by atoms with van der Waals surface area (Å²) in [6.07, 6.45) is 3.77. The number of carbonyl (C=O) groups excluding carboxylic acids is 1. The van der Waals surface area contributed by atoms with E-state index >= 15 is 0 Å². The number of amides is 1. The molecule has 2 aromatic heterocycles. The van der Waals surface area contributed by atoms with Crippen LogP contribution >= 0.6 is 11.3 Å². The van der Waals surface area contributed by atoms with Gasteiger partial charge in [0.15, 0.2) is 0 Å². The van der Waals surface area contributed by atoms with Crippen molar-refractivity contribution in [2.75, 3.05) is 18.9 Å². The van der Waals surface area contributed by atoms with Gasteiger partial charge in [0, 0.05) is 36.6 Å². The Labute approximate surface area is 173 Å². The molecule has 0 saturated carbocycles. The van der Waals surface area contributed by atoms with Crippen LogP contribution in [0.5, 0.6) is 0 Å². The minimum Gasteiger partial charge on any atom is -0.325 e. The van der Waals surface area contributed by atoms with Gasteiger partial charge in [-0.3, -0.25) is 14.4 Å². The summed E-state index contributed by atoms with van der Waals surface area (Å²) in [6.45, 7) is 3.08. The van der Waals surface area contributed by atoms with Crippen LogP contribution in [0.2, 0.25) is 0 Å². The molecule has 0 atom stereocenters.